The molecule has 2 aromatic carbocycles. The zero-order valence-electron chi connectivity index (χ0n) is 11.5. The van der Waals surface area contributed by atoms with Crippen LogP contribution in [0.3, 0.4) is 0 Å². The number of phenolic OH excluding ortho intramolecular Hbond substituents is 2. The smallest absolute Gasteiger partial charge is 0.265 e. The van der Waals surface area contributed by atoms with Crippen LogP contribution in [-0.2, 0) is 0 Å². The molecule has 0 aliphatic carbocycles. The zero-order valence-corrected chi connectivity index (χ0v) is 11.5. The highest BCUT2D eigenvalue weighted by Gasteiger charge is 2.23. The number of carbonyl (C=O) groups excluding carboxylic acids is 1. The summed E-state index contributed by atoms with van der Waals surface area (Å²) < 4.78 is 0. The molecule has 1 amide bonds. The van der Waals surface area contributed by atoms with Gasteiger partial charge in [0.05, 0.1) is 0 Å². The maximum atomic E-state index is 12.6. The van der Waals surface area contributed by atoms with E-state index in [-0.39, 0.29) is 17.1 Å². The van der Waals surface area contributed by atoms with E-state index in [2.05, 4.69) is 0 Å². The molecule has 0 atom stereocenters. The van der Waals surface area contributed by atoms with Crippen molar-refractivity contribution in [3.05, 3.63) is 53.6 Å². The van der Waals surface area contributed by atoms with Crippen LogP contribution in [0.15, 0.2) is 42.5 Å². The number of phenols is 2. The average molecular weight is 271 g/mol. The van der Waals surface area contributed by atoms with Crippen molar-refractivity contribution in [3.63, 3.8) is 0 Å². The summed E-state index contributed by atoms with van der Waals surface area (Å²) >= 11 is 0. The lowest BCUT2D eigenvalue weighted by Gasteiger charge is -2.23. The molecule has 104 valence electrons. The van der Waals surface area contributed by atoms with Gasteiger partial charge in [-0.1, -0.05) is 24.3 Å². The normalized spacial score (nSPS) is 10.3. The summed E-state index contributed by atoms with van der Waals surface area (Å²) in [6.07, 6.45) is 0. The van der Waals surface area contributed by atoms with Gasteiger partial charge in [0.15, 0.2) is 0 Å². The maximum Gasteiger partial charge on any atom is 0.265 e. The molecular weight excluding hydrogens is 254 g/mol. The first-order chi connectivity index (χ1) is 9.56. The molecule has 2 aromatic rings. The predicted octanol–water partition coefficient (Wildman–Crippen LogP) is 3.07. The van der Waals surface area contributed by atoms with Gasteiger partial charge in [-0.2, -0.15) is 0 Å². The Bertz CT molecular complexity index is 617. The Morgan fingerprint density at radius 3 is 2.20 bits per heavy atom. The van der Waals surface area contributed by atoms with Gasteiger partial charge in [0.25, 0.3) is 5.91 Å². The third-order valence-electron chi connectivity index (χ3n) is 3.20. The van der Waals surface area contributed by atoms with Crippen LogP contribution in [0, 0.1) is 6.92 Å². The summed E-state index contributed by atoms with van der Waals surface area (Å²) in [5, 5.41) is 19.6. The molecule has 4 nitrogen and oxygen atoms in total. The standard InChI is InChI=1S/C16H17NO3/c1-3-17(12-8-5-4-7-11(12)2)16(20)15-13(18)9-6-10-14(15)19/h4-10,18-19H,3H2,1-2H3. The van der Waals surface area contributed by atoms with Gasteiger partial charge in [0.2, 0.25) is 0 Å². The van der Waals surface area contributed by atoms with E-state index < -0.39 is 5.91 Å². The van der Waals surface area contributed by atoms with Crippen molar-refractivity contribution >= 4 is 11.6 Å². The molecule has 0 saturated heterocycles. The number of anilines is 1. The van der Waals surface area contributed by atoms with Crippen LogP contribution >= 0.6 is 0 Å². The number of amides is 1. The molecule has 0 aliphatic heterocycles. The molecule has 20 heavy (non-hydrogen) atoms. The Morgan fingerprint density at radius 2 is 1.65 bits per heavy atom. The van der Waals surface area contributed by atoms with Crippen LogP contribution < -0.4 is 4.90 Å². The maximum absolute atomic E-state index is 12.6. The first-order valence-electron chi connectivity index (χ1n) is 6.44. The highest BCUT2D eigenvalue weighted by molar-refractivity contribution is 6.09. The number of para-hydroxylation sites is 1. The lowest BCUT2D eigenvalue weighted by atomic mass is 10.1. The first kappa shape index (κ1) is 13.9. The molecule has 2 N–H and O–H groups in total. The van der Waals surface area contributed by atoms with E-state index in [9.17, 15) is 15.0 Å². The molecule has 2 rings (SSSR count). The second-order valence-corrected chi connectivity index (χ2v) is 4.51. The third kappa shape index (κ3) is 2.45. The monoisotopic (exact) mass is 271 g/mol. The van der Waals surface area contributed by atoms with Gasteiger partial charge >= 0.3 is 0 Å². The number of hydrogen-bond acceptors (Lipinski definition) is 3. The van der Waals surface area contributed by atoms with E-state index in [0.29, 0.717) is 6.54 Å². The second kappa shape index (κ2) is 5.65. The second-order valence-electron chi connectivity index (χ2n) is 4.51. The lowest BCUT2D eigenvalue weighted by molar-refractivity contribution is 0.0983. The number of nitrogens with zero attached hydrogens (tertiary/aromatic N) is 1. The van der Waals surface area contributed by atoms with Crippen LogP contribution in [0.1, 0.15) is 22.8 Å². The molecule has 0 fully saturated rings. The Balaban J connectivity index is 2.48. The van der Waals surface area contributed by atoms with Gasteiger partial charge in [-0.25, -0.2) is 0 Å². The number of rotatable bonds is 3. The minimum absolute atomic E-state index is 0.0717. The van der Waals surface area contributed by atoms with Gasteiger partial charge in [-0.05, 0) is 37.6 Å². The van der Waals surface area contributed by atoms with Crippen LogP contribution in [-0.4, -0.2) is 22.7 Å². The third-order valence-corrected chi connectivity index (χ3v) is 3.20. The molecule has 0 heterocycles. The van der Waals surface area contributed by atoms with Crippen LogP contribution in [0.4, 0.5) is 5.69 Å². The summed E-state index contributed by atoms with van der Waals surface area (Å²) in [4.78, 5) is 14.1. The Kier molecular flexibility index (Phi) is 3.94. The summed E-state index contributed by atoms with van der Waals surface area (Å²) in [5.74, 6) is -0.860. The molecule has 0 bridgehead atoms. The van der Waals surface area contributed by atoms with E-state index in [0.717, 1.165) is 11.3 Å². The van der Waals surface area contributed by atoms with E-state index in [1.54, 1.807) is 0 Å². The molecule has 0 aliphatic rings. The summed E-state index contributed by atoms with van der Waals surface area (Å²) in [7, 11) is 0. The topological polar surface area (TPSA) is 60.8 Å². The molecule has 0 saturated carbocycles. The number of aromatic hydroxyl groups is 2. The molecular formula is C16H17NO3. The van der Waals surface area contributed by atoms with Crippen molar-refractivity contribution in [2.45, 2.75) is 13.8 Å². The zero-order chi connectivity index (χ0) is 14.7. The van der Waals surface area contributed by atoms with Gasteiger partial charge in [0, 0.05) is 12.2 Å². The van der Waals surface area contributed by atoms with Crippen LogP contribution in [0.25, 0.3) is 0 Å². The van der Waals surface area contributed by atoms with Crippen molar-refractivity contribution in [2.24, 2.45) is 0 Å². The Labute approximate surface area is 117 Å². The average Bonchev–Trinajstić information content (AvgIpc) is 2.41. The van der Waals surface area contributed by atoms with Crippen molar-refractivity contribution in [1.82, 2.24) is 0 Å². The fourth-order valence-corrected chi connectivity index (χ4v) is 2.17. The molecule has 0 unspecified atom stereocenters. The molecule has 0 spiro atoms. The van der Waals surface area contributed by atoms with Gasteiger partial charge in [0.1, 0.15) is 17.1 Å². The largest absolute Gasteiger partial charge is 0.507 e. The highest BCUT2D eigenvalue weighted by Crippen LogP contribution is 2.30. The van der Waals surface area contributed by atoms with Crippen molar-refractivity contribution in [3.8, 4) is 11.5 Å². The number of aryl methyl sites for hydroxylation is 1. The van der Waals surface area contributed by atoms with Gasteiger partial charge in [-0.3, -0.25) is 4.79 Å². The first-order valence-corrected chi connectivity index (χ1v) is 6.44. The van der Waals surface area contributed by atoms with E-state index in [4.69, 9.17) is 0 Å². The minimum Gasteiger partial charge on any atom is -0.507 e. The summed E-state index contributed by atoms with van der Waals surface area (Å²) in [6, 6.07) is 11.8. The van der Waals surface area contributed by atoms with E-state index in [1.165, 1.54) is 23.1 Å². The number of hydrogen-bond donors (Lipinski definition) is 2. The molecule has 0 aromatic heterocycles. The Hall–Kier alpha value is -2.49. The molecule has 4 heteroatoms. The van der Waals surface area contributed by atoms with Crippen molar-refractivity contribution in [2.75, 3.05) is 11.4 Å². The Morgan fingerprint density at radius 1 is 1.05 bits per heavy atom. The fourth-order valence-electron chi connectivity index (χ4n) is 2.17. The summed E-state index contributed by atoms with van der Waals surface area (Å²) in [6.45, 7) is 4.20. The number of carbonyl (C=O) groups is 1. The van der Waals surface area contributed by atoms with Crippen molar-refractivity contribution < 1.29 is 15.0 Å². The van der Waals surface area contributed by atoms with Crippen LogP contribution in [0.5, 0.6) is 11.5 Å². The van der Waals surface area contributed by atoms with Crippen molar-refractivity contribution in [1.29, 1.82) is 0 Å². The van der Waals surface area contributed by atoms with E-state index >= 15 is 0 Å². The van der Waals surface area contributed by atoms with E-state index in [1.807, 2.05) is 38.1 Å². The predicted molar refractivity (Wildman–Crippen MR) is 78.3 cm³/mol. The number of benzene rings is 2. The van der Waals surface area contributed by atoms with Gasteiger partial charge < -0.3 is 15.1 Å². The quantitative estimate of drug-likeness (QED) is 0.901. The minimum atomic E-state index is -0.419. The van der Waals surface area contributed by atoms with Crippen LogP contribution in [0.2, 0.25) is 0 Å². The highest BCUT2D eigenvalue weighted by atomic mass is 16.3. The SMILES string of the molecule is CCN(C(=O)c1c(O)cccc1O)c1ccccc1C. The molecule has 0 radical (unpaired) electrons. The lowest BCUT2D eigenvalue weighted by Crippen LogP contribution is -2.31. The fraction of sp³-hybridized carbons (Fsp3) is 0.188. The summed E-state index contributed by atoms with van der Waals surface area (Å²) in [5.41, 5.74) is 1.65. The van der Waals surface area contributed by atoms with Gasteiger partial charge in [-0.15, -0.1) is 0 Å².